The number of ether oxygens (including phenoxy) is 2. The van der Waals surface area contributed by atoms with Gasteiger partial charge in [-0.2, -0.15) is 0 Å². The van der Waals surface area contributed by atoms with E-state index in [1.165, 1.54) is 20.8 Å². The summed E-state index contributed by atoms with van der Waals surface area (Å²) in [5, 5.41) is 9.11. The number of hydrogen-bond acceptors (Lipinski definition) is 7. The number of aliphatic carboxylic acids is 1. The summed E-state index contributed by atoms with van der Waals surface area (Å²) in [5.74, 6) is -3.88. The Morgan fingerprint density at radius 2 is 1.19 bits per heavy atom. The number of rotatable bonds is 9. The van der Waals surface area contributed by atoms with Crippen LogP contribution >= 0.6 is 0 Å². The minimum Gasteiger partial charge on any atom is -0.481 e. The van der Waals surface area contributed by atoms with Crippen molar-refractivity contribution in [2.45, 2.75) is 33.6 Å². The summed E-state index contributed by atoms with van der Waals surface area (Å²) >= 11 is 0. The fourth-order valence-electron chi connectivity index (χ4n) is 1.15. The Bertz CT molecular complexity index is 419. The van der Waals surface area contributed by atoms with Crippen LogP contribution in [-0.4, -0.2) is 47.8 Å². The van der Waals surface area contributed by atoms with Crippen LogP contribution in [0.15, 0.2) is 0 Å². The van der Waals surface area contributed by atoms with Crippen LogP contribution in [0, 0.1) is 5.41 Å². The first kappa shape index (κ1) is 18.8. The number of carboxylic acids is 1. The maximum Gasteiger partial charge on any atom is 0.316 e. The first-order chi connectivity index (χ1) is 9.56. The summed E-state index contributed by atoms with van der Waals surface area (Å²) in [6.07, 6.45) is -0.917. The van der Waals surface area contributed by atoms with Gasteiger partial charge in [0, 0.05) is 0 Å². The van der Waals surface area contributed by atoms with Crippen molar-refractivity contribution in [2.24, 2.45) is 5.41 Å². The number of ketones is 2. The van der Waals surface area contributed by atoms with E-state index in [9.17, 15) is 24.0 Å². The Kier molecular flexibility index (Phi) is 7.26. The third kappa shape index (κ3) is 7.81. The molecule has 21 heavy (non-hydrogen) atoms. The second-order valence-corrected chi connectivity index (χ2v) is 4.94. The lowest BCUT2D eigenvalue weighted by molar-refractivity contribution is -0.165. The van der Waals surface area contributed by atoms with E-state index in [1.54, 1.807) is 0 Å². The van der Waals surface area contributed by atoms with Crippen LogP contribution in [0.2, 0.25) is 0 Å². The fourth-order valence-corrected chi connectivity index (χ4v) is 1.15. The standard InChI is InChI=1S/C13H18O8/c1-8(14)4-10(16)20-6-13(3,12(18)19)7-21-11(17)5-9(2)15/h4-7H2,1-3H3,(H,18,19). The largest absolute Gasteiger partial charge is 0.481 e. The molecule has 0 aliphatic carbocycles. The fraction of sp³-hybridized carbons (Fsp3) is 0.615. The molecule has 0 unspecified atom stereocenters. The molecule has 0 saturated heterocycles. The number of esters is 2. The van der Waals surface area contributed by atoms with Crippen LogP contribution in [0.1, 0.15) is 33.6 Å². The van der Waals surface area contributed by atoms with Crippen LogP contribution in [-0.2, 0) is 33.4 Å². The van der Waals surface area contributed by atoms with Gasteiger partial charge in [-0.1, -0.05) is 0 Å². The molecule has 0 heterocycles. The Balaban J connectivity index is 4.53. The third-order valence-electron chi connectivity index (χ3n) is 2.41. The van der Waals surface area contributed by atoms with Crippen LogP contribution in [0.3, 0.4) is 0 Å². The number of carbonyl (C=O) groups is 5. The van der Waals surface area contributed by atoms with Gasteiger partial charge >= 0.3 is 17.9 Å². The van der Waals surface area contributed by atoms with E-state index >= 15 is 0 Å². The van der Waals surface area contributed by atoms with Crippen molar-refractivity contribution < 1.29 is 38.6 Å². The van der Waals surface area contributed by atoms with Gasteiger partial charge in [-0.05, 0) is 20.8 Å². The molecule has 0 atom stereocenters. The summed E-state index contributed by atoms with van der Waals surface area (Å²) in [6.45, 7) is 2.50. The number of carboxylic acid groups (broad SMARTS) is 1. The highest BCUT2D eigenvalue weighted by molar-refractivity contribution is 5.94. The molecule has 1 N–H and O–H groups in total. The molecule has 0 aliphatic heterocycles. The first-order valence-electron chi connectivity index (χ1n) is 6.10. The maximum atomic E-state index is 11.2. The van der Waals surface area contributed by atoms with Gasteiger partial charge in [0.05, 0.1) is 0 Å². The second-order valence-electron chi connectivity index (χ2n) is 4.94. The second kappa shape index (κ2) is 8.13. The van der Waals surface area contributed by atoms with E-state index < -0.39 is 60.9 Å². The monoisotopic (exact) mass is 302 g/mol. The molecule has 118 valence electrons. The van der Waals surface area contributed by atoms with Crippen molar-refractivity contribution in [1.29, 1.82) is 0 Å². The zero-order valence-electron chi connectivity index (χ0n) is 12.1. The van der Waals surface area contributed by atoms with Gasteiger partial charge in [-0.25, -0.2) is 0 Å². The molecule has 0 saturated carbocycles. The normalized spacial score (nSPS) is 10.6. The number of Topliss-reactive ketones (excluding diaryl/α,β-unsaturated/α-hetero) is 2. The molecule has 0 bridgehead atoms. The van der Waals surface area contributed by atoms with Crippen molar-refractivity contribution >= 4 is 29.5 Å². The van der Waals surface area contributed by atoms with Gasteiger partial charge in [-0.3, -0.25) is 24.0 Å². The summed E-state index contributed by atoms with van der Waals surface area (Å²) in [6, 6.07) is 0. The smallest absolute Gasteiger partial charge is 0.316 e. The highest BCUT2D eigenvalue weighted by Crippen LogP contribution is 2.18. The van der Waals surface area contributed by atoms with E-state index in [-0.39, 0.29) is 0 Å². The molecule has 0 aromatic rings. The molecule has 0 fully saturated rings. The summed E-state index contributed by atoms with van der Waals surface area (Å²) < 4.78 is 9.39. The van der Waals surface area contributed by atoms with Gasteiger partial charge in [0.1, 0.15) is 43.0 Å². The SMILES string of the molecule is CC(=O)CC(=O)OCC(C)(COC(=O)CC(C)=O)C(=O)O. The number of carbonyl (C=O) groups excluding carboxylic acids is 4. The molecular weight excluding hydrogens is 284 g/mol. The minimum atomic E-state index is -1.65. The van der Waals surface area contributed by atoms with Crippen molar-refractivity contribution in [3.8, 4) is 0 Å². The van der Waals surface area contributed by atoms with Crippen LogP contribution < -0.4 is 0 Å². The topological polar surface area (TPSA) is 124 Å². The average Bonchev–Trinajstić information content (AvgIpc) is 2.32. The molecular formula is C13H18O8. The lowest BCUT2D eigenvalue weighted by Crippen LogP contribution is -2.39. The van der Waals surface area contributed by atoms with Crippen molar-refractivity contribution in [1.82, 2.24) is 0 Å². The molecule has 8 heteroatoms. The molecule has 0 aromatic heterocycles. The zero-order chi connectivity index (χ0) is 16.6. The van der Waals surface area contributed by atoms with E-state index in [2.05, 4.69) is 0 Å². The van der Waals surface area contributed by atoms with Gasteiger partial charge < -0.3 is 14.6 Å². The first-order valence-corrected chi connectivity index (χ1v) is 6.10. The molecule has 0 aliphatic rings. The lowest BCUT2D eigenvalue weighted by Gasteiger charge is -2.23. The van der Waals surface area contributed by atoms with Gasteiger partial charge in [0.15, 0.2) is 0 Å². The van der Waals surface area contributed by atoms with Gasteiger partial charge in [0.2, 0.25) is 0 Å². The van der Waals surface area contributed by atoms with Crippen molar-refractivity contribution in [3.63, 3.8) is 0 Å². The molecule has 0 rings (SSSR count). The molecule has 0 aromatic carbocycles. The summed E-state index contributed by atoms with van der Waals surface area (Å²) in [4.78, 5) is 55.0. The average molecular weight is 302 g/mol. The minimum absolute atomic E-state index is 0.412. The molecule has 0 radical (unpaired) electrons. The van der Waals surface area contributed by atoms with E-state index in [4.69, 9.17) is 14.6 Å². The highest BCUT2D eigenvalue weighted by Gasteiger charge is 2.37. The molecule has 8 nitrogen and oxygen atoms in total. The van der Waals surface area contributed by atoms with Crippen LogP contribution in [0.4, 0.5) is 0 Å². The predicted octanol–water partition coefficient (Wildman–Crippen LogP) is 0.122. The van der Waals surface area contributed by atoms with E-state index in [0.717, 1.165) is 0 Å². The van der Waals surface area contributed by atoms with Gasteiger partial charge in [0.25, 0.3) is 0 Å². The molecule has 0 amide bonds. The summed E-state index contributed by atoms with van der Waals surface area (Å²) in [7, 11) is 0. The zero-order valence-corrected chi connectivity index (χ0v) is 12.1. The quantitative estimate of drug-likeness (QED) is 0.470. The Labute approximate surface area is 121 Å². The predicted molar refractivity (Wildman–Crippen MR) is 68.3 cm³/mol. The van der Waals surface area contributed by atoms with E-state index in [1.807, 2.05) is 0 Å². The lowest BCUT2D eigenvalue weighted by atomic mass is 9.93. The van der Waals surface area contributed by atoms with Crippen molar-refractivity contribution in [2.75, 3.05) is 13.2 Å². The third-order valence-corrected chi connectivity index (χ3v) is 2.41. The molecule has 0 spiro atoms. The van der Waals surface area contributed by atoms with Gasteiger partial charge in [-0.15, -0.1) is 0 Å². The summed E-state index contributed by atoms with van der Waals surface area (Å²) in [5.41, 5.74) is -1.65. The van der Waals surface area contributed by atoms with Crippen LogP contribution in [0.25, 0.3) is 0 Å². The van der Waals surface area contributed by atoms with E-state index in [0.29, 0.717) is 0 Å². The van der Waals surface area contributed by atoms with Crippen molar-refractivity contribution in [3.05, 3.63) is 0 Å². The van der Waals surface area contributed by atoms with Crippen LogP contribution in [0.5, 0.6) is 0 Å². The Morgan fingerprint density at radius 1 is 0.857 bits per heavy atom. The Morgan fingerprint density at radius 3 is 1.43 bits per heavy atom. The number of hydrogen-bond donors (Lipinski definition) is 1. The Hall–Kier alpha value is -2.25. The maximum absolute atomic E-state index is 11.2. The highest BCUT2D eigenvalue weighted by atomic mass is 16.6.